The monoisotopic (exact) mass is 301 g/mol. The van der Waals surface area contributed by atoms with E-state index in [9.17, 15) is 4.79 Å². The fourth-order valence-corrected chi connectivity index (χ4v) is 3.01. The maximum Gasteiger partial charge on any atom is 0.310 e. The molecular formula is C14H17Cl2NO2. The zero-order chi connectivity index (χ0) is 14.0. The van der Waals surface area contributed by atoms with Crippen molar-refractivity contribution in [3.63, 3.8) is 0 Å². The summed E-state index contributed by atoms with van der Waals surface area (Å²) in [6, 6.07) is 5.51. The Morgan fingerprint density at radius 3 is 2.79 bits per heavy atom. The normalized spacial score (nSPS) is 23.6. The number of esters is 1. The van der Waals surface area contributed by atoms with Crippen LogP contribution in [0.15, 0.2) is 18.2 Å². The lowest BCUT2D eigenvalue weighted by molar-refractivity contribution is -0.146. The van der Waals surface area contributed by atoms with E-state index in [2.05, 4.69) is 11.8 Å². The largest absolute Gasteiger partial charge is 0.469 e. The summed E-state index contributed by atoms with van der Waals surface area (Å²) < 4.78 is 4.83. The first-order valence-corrected chi connectivity index (χ1v) is 7.01. The molecule has 2 rings (SSSR count). The van der Waals surface area contributed by atoms with Crippen molar-refractivity contribution in [2.45, 2.75) is 13.5 Å². The number of nitrogens with zero attached hydrogens (tertiary/aromatic N) is 1. The predicted octanol–water partition coefficient (Wildman–Crippen LogP) is 3.23. The summed E-state index contributed by atoms with van der Waals surface area (Å²) in [6.45, 7) is 4.39. The van der Waals surface area contributed by atoms with Crippen LogP contribution in [-0.4, -0.2) is 31.1 Å². The summed E-state index contributed by atoms with van der Waals surface area (Å²) in [5, 5.41) is 1.30. The van der Waals surface area contributed by atoms with Crippen LogP contribution in [0.25, 0.3) is 0 Å². The summed E-state index contributed by atoms with van der Waals surface area (Å²) in [7, 11) is 1.44. The van der Waals surface area contributed by atoms with E-state index in [-0.39, 0.29) is 11.9 Å². The van der Waals surface area contributed by atoms with Gasteiger partial charge in [0.05, 0.1) is 13.0 Å². The van der Waals surface area contributed by atoms with Gasteiger partial charge in [0.1, 0.15) is 0 Å². The minimum absolute atomic E-state index is 0.0453. The molecule has 0 radical (unpaired) electrons. The fourth-order valence-electron chi connectivity index (χ4n) is 2.55. The second kappa shape index (κ2) is 6.12. The number of ether oxygens (including phenoxy) is 1. The Hall–Kier alpha value is -0.770. The molecule has 3 nitrogen and oxygen atoms in total. The summed E-state index contributed by atoms with van der Waals surface area (Å²) in [5.74, 6) is 0.131. The van der Waals surface area contributed by atoms with E-state index in [1.807, 2.05) is 12.1 Å². The Kier molecular flexibility index (Phi) is 4.71. The van der Waals surface area contributed by atoms with E-state index >= 15 is 0 Å². The van der Waals surface area contributed by atoms with Gasteiger partial charge in [-0.2, -0.15) is 0 Å². The summed E-state index contributed by atoms with van der Waals surface area (Å²) in [5.41, 5.74) is 1.03. The molecule has 1 aromatic carbocycles. The van der Waals surface area contributed by atoms with Crippen molar-refractivity contribution < 1.29 is 9.53 Å². The lowest BCUT2D eigenvalue weighted by Crippen LogP contribution is -2.24. The lowest BCUT2D eigenvalue weighted by Gasteiger charge is -2.16. The molecule has 1 aliphatic rings. The number of benzene rings is 1. The first-order valence-electron chi connectivity index (χ1n) is 6.25. The molecular weight excluding hydrogens is 285 g/mol. The second-order valence-corrected chi connectivity index (χ2v) is 5.88. The Morgan fingerprint density at radius 2 is 2.16 bits per heavy atom. The number of methoxy groups -OCH3 is 1. The maximum absolute atomic E-state index is 11.6. The second-order valence-electron chi connectivity index (χ2n) is 5.04. The molecule has 1 saturated heterocycles. The molecule has 0 aliphatic carbocycles. The highest BCUT2D eigenvalue weighted by Gasteiger charge is 2.35. The van der Waals surface area contributed by atoms with Crippen LogP contribution >= 0.6 is 23.2 Å². The van der Waals surface area contributed by atoms with Gasteiger partial charge in [0.15, 0.2) is 0 Å². The Balaban J connectivity index is 2.03. The molecule has 2 atom stereocenters. The van der Waals surface area contributed by atoms with E-state index in [1.54, 1.807) is 6.07 Å². The van der Waals surface area contributed by atoms with Crippen LogP contribution in [0, 0.1) is 11.8 Å². The molecule has 0 bridgehead atoms. The molecule has 2 unspecified atom stereocenters. The van der Waals surface area contributed by atoms with Gasteiger partial charge in [0.2, 0.25) is 0 Å². The summed E-state index contributed by atoms with van der Waals surface area (Å²) >= 11 is 12.0. The van der Waals surface area contributed by atoms with Gasteiger partial charge in [0.25, 0.3) is 0 Å². The molecule has 5 heteroatoms. The smallest absolute Gasteiger partial charge is 0.310 e. The van der Waals surface area contributed by atoms with Gasteiger partial charge in [-0.25, -0.2) is 0 Å². The first-order chi connectivity index (χ1) is 9.01. The number of hydrogen-bond acceptors (Lipinski definition) is 3. The number of carbonyl (C=O) groups is 1. The van der Waals surface area contributed by atoms with Gasteiger partial charge in [-0.1, -0.05) is 36.2 Å². The van der Waals surface area contributed by atoms with Crippen molar-refractivity contribution in [3.8, 4) is 0 Å². The van der Waals surface area contributed by atoms with Crippen molar-refractivity contribution in [1.29, 1.82) is 0 Å². The number of halogens is 2. The molecule has 1 aliphatic heterocycles. The Labute approximate surface area is 123 Å². The molecule has 1 heterocycles. The molecule has 104 valence electrons. The highest BCUT2D eigenvalue weighted by Crippen LogP contribution is 2.28. The molecule has 0 N–H and O–H groups in total. The van der Waals surface area contributed by atoms with Crippen LogP contribution in [0.5, 0.6) is 0 Å². The van der Waals surface area contributed by atoms with Crippen molar-refractivity contribution >= 4 is 29.2 Å². The third-order valence-corrected chi connectivity index (χ3v) is 4.19. The highest BCUT2D eigenvalue weighted by molar-refractivity contribution is 6.35. The first kappa shape index (κ1) is 14.6. The molecule has 0 saturated carbocycles. The van der Waals surface area contributed by atoms with Crippen molar-refractivity contribution in [2.24, 2.45) is 11.8 Å². The van der Waals surface area contributed by atoms with Crippen LogP contribution in [0.4, 0.5) is 0 Å². The van der Waals surface area contributed by atoms with Crippen LogP contribution in [0.1, 0.15) is 12.5 Å². The van der Waals surface area contributed by atoms with Gasteiger partial charge in [-0.05, 0) is 23.6 Å². The van der Waals surface area contributed by atoms with E-state index in [4.69, 9.17) is 27.9 Å². The lowest BCUT2D eigenvalue weighted by atomic mass is 9.99. The molecule has 0 spiro atoms. The van der Waals surface area contributed by atoms with Gasteiger partial charge in [-0.3, -0.25) is 9.69 Å². The molecule has 1 aromatic rings. The summed E-state index contributed by atoms with van der Waals surface area (Å²) in [4.78, 5) is 13.9. The Bertz CT molecular complexity index is 479. The van der Waals surface area contributed by atoms with Crippen LogP contribution < -0.4 is 0 Å². The number of rotatable bonds is 3. The average molecular weight is 302 g/mol. The quantitative estimate of drug-likeness (QED) is 0.803. The topological polar surface area (TPSA) is 29.5 Å². The SMILES string of the molecule is COC(=O)C1CN(Cc2ccc(Cl)cc2Cl)CC1C. The average Bonchev–Trinajstić information content (AvgIpc) is 2.73. The minimum Gasteiger partial charge on any atom is -0.469 e. The molecule has 19 heavy (non-hydrogen) atoms. The minimum atomic E-state index is -0.128. The van der Waals surface area contributed by atoms with Gasteiger partial charge < -0.3 is 4.74 Å². The van der Waals surface area contributed by atoms with Crippen LogP contribution in [0.3, 0.4) is 0 Å². The van der Waals surface area contributed by atoms with E-state index in [0.717, 1.165) is 18.7 Å². The van der Waals surface area contributed by atoms with Crippen molar-refractivity contribution in [2.75, 3.05) is 20.2 Å². The predicted molar refractivity (Wildman–Crippen MR) is 76.4 cm³/mol. The van der Waals surface area contributed by atoms with E-state index in [0.29, 0.717) is 22.5 Å². The van der Waals surface area contributed by atoms with Crippen molar-refractivity contribution in [1.82, 2.24) is 4.90 Å². The molecule has 0 amide bonds. The van der Waals surface area contributed by atoms with Crippen LogP contribution in [-0.2, 0) is 16.1 Å². The standard InChI is InChI=1S/C14H17Cl2NO2/c1-9-6-17(8-12(9)14(18)19-2)7-10-3-4-11(15)5-13(10)16/h3-5,9,12H,6-8H2,1-2H3. The van der Waals surface area contributed by atoms with Gasteiger partial charge >= 0.3 is 5.97 Å². The maximum atomic E-state index is 11.6. The van der Waals surface area contributed by atoms with Gasteiger partial charge in [0, 0.05) is 29.7 Å². The molecule has 0 aromatic heterocycles. The number of hydrogen-bond donors (Lipinski definition) is 0. The zero-order valence-electron chi connectivity index (χ0n) is 11.0. The zero-order valence-corrected chi connectivity index (χ0v) is 12.5. The number of carbonyl (C=O) groups excluding carboxylic acids is 1. The fraction of sp³-hybridized carbons (Fsp3) is 0.500. The Morgan fingerprint density at radius 1 is 1.42 bits per heavy atom. The molecule has 1 fully saturated rings. The third-order valence-electron chi connectivity index (χ3n) is 3.60. The van der Waals surface area contributed by atoms with Crippen LogP contribution in [0.2, 0.25) is 10.0 Å². The van der Waals surface area contributed by atoms with Gasteiger partial charge in [-0.15, -0.1) is 0 Å². The summed E-state index contributed by atoms with van der Waals surface area (Å²) in [6.07, 6.45) is 0. The van der Waals surface area contributed by atoms with E-state index < -0.39 is 0 Å². The highest BCUT2D eigenvalue weighted by atomic mass is 35.5. The third kappa shape index (κ3) is 3.41. The van der Waals surface area contributed by atoms with Crippen molar-refractivity contribution in [3.05, 3.63) is 33.8 Å². The number of likely N-dealkylation sites (tertiary alicyclic amines) is 1. The van der Waals surface area contributed by atoms with E-state index in [1.165, 1.54) is 7.11 Å².